The predicted octanol–water partition coefficient (Wildman–Crippen LogP) is 5.52. The summed E-state index contributed by atoms with van der Waals surface area (Å²) in [6, 6.07) is 11.5. The molecule has 31 heavy (non-hydrogen) atoms. The SMILES string of the molecule is CCOc1cc(C(=O)Nc2ccc(N3CCCCCC3)cc2)cc(OCC)c1OCC. The molecule has 1 N–H and O–H groups in total. The van der Waals surface area contributed by atoms with Gasteiger partial charge in [0.05, 0.1) is 19.8 Å². The summed E-state index contributed by atoms with van der Waals surface area (Å²) in [4.78, 5) is 15.4. The first-order chi connectivity index (χ1) is 15.2. The molecule has 0 spiro atoms. The minimum absolute atomic E-state index is 0.215. The van der Waals surface area contributed by atoms with E-state index in [-0.39, 0.29) is 5.91 Å². The van der Waals surface area contributed by atoms with Crippen molar-refractivity contribution in [2.24, 2.45) is 0 Å². The van der Waals surface area contributed by atoms with Crippen LogP contribution in [0.3, 0.4) is 0 Å². The summed E-state index contributed by atoms with van der Waals surface area (Å²) >= 11 is 0. The molecule has 1 aliphatic heterocycles. The Kier molecular flexibility index (Phi) is 8.44. The Hall–Kier alpha value is -2.89. The normalized spacial score (nSPS) is 14.0. The molecule has 0 bridgehead atoms. The molecule has 1 saturated heterocycles. The van der Waals surface area contributed by atoms with Gasteiger partial charge in [0.15, 0.2) is 11.5 Å². The van der Waals surface area contributed by atoms with Gasteiger partial charge in [0.1, 0.15) is 0 Å². The standard InChI is InChI=1S/C25H34N2O4/c1-4-29-22-17-19(18-23(30-5-2)24(22)31-6-3)25(28)26-20-11-13-21(14-12-20)27-15-9-7-8-10-16-27/h11-14,17-18H,4-10,15-16H2,1-3H3,(H,26,28). The average molecular weight is 427 g/mol. The lowest BCUT2D eigenvalue weighted by Crippen LogP contribution is -2.23. The van der Waals surface area contributed by atoms with Crippen LogP contribution in [0.5, 0.6) is 17.2 Å². The summed E-state index contributed by atoms with van der Waals surface area (Å²) in [5, 5.41) is 2.98. The molecule has 0 radical (unpaired) electrons. The van der Waals surface area contributed by atoms with Crippen molar-refractivity contribution < 1.29 is 19.0 Å². The van der Waals surface area contributed by atoms with Gasteiger partial charge in [-0.3, -0.25) is 4.79 Å². The minimum atomic E-state index is -0.215. The fourth-order valence-corrected chi connectivity index (χ4v) is 3.81. The van der Waals surface area contributed by atoms with Crippen LogP contribution in [0.2, 0.25) is 0 Å². The summed E-state index contributed by atoms with van der Waals surface area (Å²) in [7, 11) is 0. The zero-order chi connectivity index (χ0) is 22.1. The highest BCUT2D eigenvalue weighted by atomic mass is 16.5. The molecule has 0 unspecified atom stereocenters. The number of nitrogens with zero attached hydrogens (tertiary/aromatic N) is 1. The summed E-state index contributed by atoms with van der Waals surface area (Å²) in [5.74, 6) is 1.34. The Morgan fingerprint density at radius 2 is 1.39 bits per heavy atom. The van der Waals surface area contributed by atoms with Crippen LogP contribution in [0, 0.1) is 0 Å². The lowest BCUT2D eigenvalue weighted by molar-refractivity contribution is 0.102. The molecule has 1 amide bonds. The van der Waals surface area contributed by atoms with E-state index in [9.17, 15) is 4.79 Å². The average Bonchev–Trinajstić information content (AvgIpc) is 3.06. The number of benzene rings is 2. The lowest BCUT2D eigenvalue weighted by Gasteiger charge is -2.22. The van der Waals surface area contributed by atoms with Gasteiger partial charge in [-0.1, -0.05) is 12.8 Å². The van der Waals surface area contributed by atoms with Crippen LogP contribution in [0.4, 0.5) is 11.4 Å². The molecule has 6 heteroatoms. The van der Waals surface area contributed by atoms with Gasteiger partial charge in [-0.2, -0.15) is 0 Å². The van der Waals surface area contributed by atoms with Gasteiger partial charge in [-0.05, 0) is 70.0 Å². The van der Waals surface area contributed by atoms with Gasteiger partial charge in [-0.15, -0.1) is 0 Å². The fraction of sp³-hybridized carbons (Fsp3) is 0.480. The number of carbonyl (C=O) groups is 1. The first-order valence-electron chi connectivity index (χ1n) is 11.4. The Balaban J connectivity index is 1.77. The highest BCUT2D eigenvalue weighted by Gasteiger charge is 2.18. The van der Waals surface area contributed by atoms with Gasteiger partial charge in [0, 0.05) is 30.0 Å². The van der Waals surface area contributed by atoms with Crippen molar-refractivity contribution in [3.8, 4) is 17.2 Å². The van der Waals surface area contributed by atoms with Gasteiger partial charge >= 0.3 is 0 Å². The van der Waals surface area contributed by atoms with E-state index in [4.69, 9.17) is 14.2 Å². The van der Waals surface area contributed by atoms with Crippen LogP contribution >= 0.6 is 0 Å². The van der Waals surface area contributed by atoms with Crippen LogP contribution < -0.4 is 24.4 Å². The molecular formula is C25H34N2O4. The van der Waals surface area contributed by atoms with Crippen LogP contribution in [0.1, 0.15) is 56.8 Å². The molecule has 168 valence electrons. The highest BCUT2D eigenvalue weighted by Crippen LogP contribution is 2.39. The van der Waals surface area contributed by atoms with Gasteiger partial charge in [0.2, 0.25) is 5.75 Å². The van der Waals surface area contributed by atoms with E-state index < -0.39 is 0 Å². The zero-order valence-electron chi connectivity index (χ0n) is 18.9. The maximum absolute atomic E-state index is 13.0. The molecule has 3 rings (SSSR count). The lowest BCUT2D eigenvalue weighted by atomic mass is 10.1. The molecule has 6 nitrogen and oxygen atoms in total. The molecule has 0 aromatic heterocycles. The van der Waals surface area contributed by atoms with Crippen molar-refractivity contribution in [3.05, 3.63) is 42.0 Å². The quantitative estimate of drug-likeness (QED) is 0.572. The van der Waals surface area contributed by atoms with Crippen molar-refractivity contribution in [2.45, 2.75) is 46.5 Å². The molecule has 2 aromatic rings. The third kappa shape index (κ3) is 6.06. The van der Waals surface area contributed by atoms with Crippen molar-refractivity contribution in [1.29, 1.82) is 0 Å². The zero-order valence-corrected chi connectivity index (χ0v) is 18.9. The Morgan fingerprint density at radius 1 is 0.839 bits per heavy atom. The third-order valence-electron chi connectivity index (χ3n) is 5.27. The van der Waals surface area contributed by atoms with E-state index in [1.807, 2.05) is 32.9 Å². The number of carbonyl (C=O) groups excluding carboxylic acids is 1. The van der Waals surface area contributed by atoms with Gasteiger partial charge in [-0.25, -0.2) is 0 Å². The summed E-state index contributed by atoms with van der Waals surface area (Å²) in [6.07, 6.45) is 5.08. The number of ether oxygens (including phenoxy) is 3. The van der Waals surface area contributed by atoms with E-state index in [1.54, 1.807) is 12.1 Å². The maximum Gasteiger partial charge on any atom is 0.255 e. The molecule has 0 atom stereocenters. The van der Waals surface area contributed by atoms with E-state index in [0.717, 1.165) is 18.8 Å². The van der Waals surface area contributed by atoms with Crippen molar-refractivity contribution >= 4 is 17.3 Å². The molecule has 1 aliphatic rings. The Labute approximate surface area is 185 Å². The Morgan fingerprint density at radius 3 is 1.90 bits per heavy atom. The molecule has 1 fully saturated rings. The highest BCUT2D eigenvalue weighted by molar-refractivity contribution is 6.05. The molecular weight excluding hydrogens is 392 g/mol. The third-order valence-corrected chi connectivity index (χ3v) is 5.27. The van der Waals surface area contributed by atoms with Crippen LogP contribution in [0.15, 0.2) is 36.4 Å². The fourth-order valence-electron chi connectivity index (χ4n) is 3.81. The summed E-state index contributed by atoms with van der Waals surface area (Å²) in [5.41, 5.74) is 2.43. The second kappa shape index (κ2) is 11.5. The number of nitrogens with one attached hydrogen (secondary N) is 1. The first-order valence-corrected chi connectivity index (χ1v) is 11.4. The maximum atomic E-state index is 13.0. The second-order valence-corrected chi connectivity index (χ2v) is 7.50. The monoisotopic (exact) mass is 426 g/mol. The predicted molar refractivity (Wildman–Crippen MR) is 125 cm³/mol. The van der Waals surface area contributed by atoms with Crippen LogP contribution in [0.25, 0.3) is 0 Å². The van der Waals surface area contributed by atoms with E-state index in [2.05, 4.69) is 22.3 Å². The smallest absolute Gasteiger partial charge is 0.255 e. The molecule has 1 heterocycles. The number of hydrogen-bond acceptors (Lipinski definition) is 5. The molecule has 0 aliphatic carbocycles. The summed E-state index contributed by atoms with van der Waals surface area (Å²) in [6.45, 7) is 9.31. The van der Waals surface area contributed by atoms with Crippen molar-refractivity contribution in [3.63, 3.8) is 0 Å². The first kappa shape index (κ1) is 22.8. The van der Waals surface area contributed by atoms with E-state index in [0.29, 0.717) is 42.6 Å². The van der Waals surface area contributed by atoms with Crippen LogP contribution in [-0.2, 0) is 0 Å². The Bertz CT molecular complexity index is 816. The van der Waals surface area contributed by atoms with Gasteiger partial charge < -0.3 is 24.4 Å². The van der Waals surface area contributed by atoms with E-state index in [1.165, 1.54) is 31.4 Å². The van der Waals surface area contributed by atoms with E-state index >= 15 is 0 Å². The molecule has 0 saturated carbocycles. The van der Waals surface area contributed by atoms with Crippen LogP contribution in [-0.4, -0.2) is 38.8 Å². The van der Waals surface area contributed by atoms with Crippen molar-refractivity contribution in [2.75, 3.05) is 43.1 Å². The number of amides is 1. The largest absolute Gasteiger partial charge is 0.490 e. The second-order valence-electron chi connectivity index (χ2n) is 7.50. The molecule has 2 aromatic carbocycles. The minimum Gasteiger partial charge on any atom is -0.490 e. The number of hydrogen-bond donors (Lipinski definition) is 1. The van der Waals surface area contributed by atoms with Gasteiger partial charge in [0.25, 0.3) is 5.91 Å². The summed E-state index contributed by atoms with van der Waals surface area (Å²) < 4.78 is 17.2. The number of rotatable bonds is 9. The topological polar surface area (TPSA) is 60.0 Å². The van der Waals surface area contributed by atoms with Crippen molar-refractivity contribution in [1.82, 2.24) is 0 Å². The number of anilines is 2.